The number of carbonyl (C=O) groups excluding carboxylic acids is 1. The molecule has 0 fully saturated rings. The molecule has 0 spiro atoms. The second-order valence-corrected chi connectivity index (χ2v) is 11.0. The molecule has 4 aromatic rings. The lowest BCUT2D eigenvalue weighted by Gasteiger charge is -2.29. The van der Waals surface area contributed by atoms with Crippen LogP contribution in [0.3, 0.4) is 0 Å². The number of hydrogen-bond acceptors (Lipinski definition) is 6. The summed E-state index contributed by atoms with van der Waals surface area (Å²) < 4.78 is 34.5. The van der Waals surface area contributed by atoms with Gasteiger partial charge in [0, 0.05) is 33.5 Å². The Morgan fingerprint density at radius 3 is 2.51 bits per heavy atom. The van der Waals surface area contributed by atoms with E-state index in [9.17, 15) is 4.79 Å². The molecule has 0 saturated heterocycles. The number of esters is 1. The van der Waals surface area contributed by atoms with E-state index in [1.807, 2.05) is 71.9 Å². The molecule has 0 N–H and O–H groups in total. The molecule has 1 aliphatic heterocycles. The third kappa shape index (κ3) is 4.78. The standard InChI is InChI=1S/C31H34FN3O4/c1-17-21-14-11-15-38-27(21)23(32)16-22(17)26-24(28(30(36)37-7)39-31(4,5)6)19(3)33-29-18(2)25(34-35(26)29)20-12-9-8-10-13-20/h8-10,12-13,16,28H,11,14-15H2,1-7H3/t28-/m0/s1. The van der Waals surface area contributed by atoms with E-state index in [2.05, 4.69) is 0 Å². The van der Waals surface area contributed by atoms with Gasteiger partial charge >= 0.3 is 5.97 Å². The fourth-order valence-corrected chi connectivity index (χ4v) is 5.31. The van der Waals surface area contributed by atoms with Crippen LogP contribution in [-0.4, -0.2) is 39.9 Å². The van der Waals surface area contributed by atoms with E-state index in [-0.39, 0.29) is 0 Å². The summed E-state index contributed by atoms with van der Waals surface area (Å²) in [7, 11) is 1.33. The number of benzene rings is 2. The summed E-state index contributed by atoms with van der Waals surface area (Å²) in [5, 5.41) is 5.00. The van der Waals surface area contributed by atoms with Crippen LogP contribution >= 0.6 is 0 Å². The van der Waals surface area contributed by atoms with E-state index in [0.29, 0.717) is 46.9 Å². The summed E-state index contributed by atoms with van der Waals surface area (Å²) in [5.41, 5.74) is 6.42. The molecule has 0 bridgehead atoms. The third-order valence-electron chi connectivity index (χ3n) is 7.11. The minimum absolute atomic E-state index is 0.295. The average molecular weight is 532 g/mol. The van der Waals surface area contributed by atoms with Gasteiger partial charge in [-0.15, -0.1) is 0 Å². The molecular formula is C31H34FN3O4. The predicted octanol–water partition coefficient (Wildman–Crippen LogP) is 6.48. The SMILES string of the molecule is COC(=O)[C@@H](OC(C)(C)C)c1c(C)nc2c(C)c(-c3ccccc3)nn2c1-c1cc(F)c2c(c1C)CCCO2. The van der Waals surface area contributed by atoms with E-state index in [1.165, 1.54) is 13.2 Å². The number of nitrogens with zero attached hydrogens (tertiary/aromatic N) is 3. The summed E-state index contributed by atoms with van der Waals surface area (Å²) in [6, 6.07) is 11.3. The molecule has 0 unspecified atom stereocenters. The second-order valence-electron chi connectivity index (χ2n) is 11.0. The molecule has 8 heteroatoms. The Morgan fingerprint density at radius 1 is 1.13 bits per heavy atom. The van der Waals surface area contributed by atoms with Crippen molar-refractivity contribution in [3.63, 3.8) is 0 Å². The lowest BCUT2D eigenvalue weighted by Crippen LogP contribution is -2.30. The zero-order chi connectivity index (χ0) is 28.1. The zero-order valence-corrected chi connectivity index (χ0v) is 23.5. The largest absolute Gasteiger partial charge is 0.490 e. The van der Waals surface area contributed by atoms with Crippen LogP contribution in [0, 0.1) is 26.6 Å². The van der Waals surface area contributed by atoms with Gasteiger partial charge in [-0.2, -0.15) is 5.10 Å². The first-order valence-corrected chi connectivity index (χ1v) is 13.2. The molecule has 5 rings (SSSR count). The maximum atomic E-state index is 15.6. The summed E-state index contributed by atoms with van der Waals surface area (Å²) in [6.07, 6.45) is 0.382. The maximum absolute atomic E-state index is 15.6. The summed E-state index contributed by atoms with van der Waals surface area (Å²) in [5.74, 6) is -0.720. The van der Waals surface area contributed by atoms with Gasteiger partial charge in [0.2, 0.25) is 0 Å². The van der Waals surface area contributed by atoms with Crippen molar-refractivity contribution in [2.45, 2.75) is 66.1 Å². The van der Waals surface area contributed by atoms with E-state index >= 15 is 4.39 Å². The molecule has 0 saturated carbocycles. The van der Waals surface area contributed by atoms with Crippen LogP contribution in [0.5, 0.6) is 5.75 Å². The van der Waals surface area contributed by atoms with Crippen LogP contribution in [0.2, 0.25) is 0 Å². The van der Waals surface area contributed by atoms with Crippen molar-refractivity contribution in [1.29, 1.82) is 0 Å². The Hall–Kier alpha value is -3.78. The van der Waals surface area contributed by atoms with Crippen molar-refractivity contribution >= 4 is 11.6 Å². The molecule has 2 aromatic heterocycles. The van der Waals surface area contributed by atoms with Crippen molar-refractivity contribution in [2.24, 2.45) is 0 Å². The lowest BCUT2D eigenvalue weighted by molar-refractivity contribution is -0.164. The topological polar surface area (TPSA) is 75.0 Å². The average Bonchev–Trinajstić information content (AvgIpc) is 3.24. The van der Waals surface area contributed by atoms with Crippen molar-refractivity contribution in [1.82, 2.24) is 14.6 Å². The Morgan fingerprint density at radius 2 is 1.85 bits per heavy atom. The Kier molecular flexibility index (Phi) is 6.93. The number of halogens is 1. The zero-order valence-electron chi connectivity index (χ0n) is 23.5. The highest BCUT2D eigenvalue weighted by Crippen LogP contribution is 2.42. The highest BCUT2D eigenvalue weighted by atomic mass is 19.1. The summed E-state index contributed by atoms with van der Waals surface area (Å²) in [4.78, 5) is 18.2. The molecule has 204 valence electrons. The number of hydrogen-bond donors (Lipinski definition) is 0. The van der Waals surface area contributed by atoms with Crippen LogP contribution < -0.4 is 4.74 Å². The molecule has 2 aromatic carbocycles. The van der Waals surface area contributed by atoms with Gasteiger partial charge in [-0.1, -0.05) is 30.3 Å². The van der Waals surface area contributed by atoms with Crippen LogP contribution in [0.15, 0.2) is 36.4 Å². The minimum atomic E-state index is -1.11. The third-order valence-corrected chi connectivity index (χ3v) is 7.11. The number of rotatable bonds is 5. The van der Waals surface area contributed by atoms with Crippen LogP contribution in [0.1, 0.15) is 61.2 Å². The van der Waals surface area contributed by atoms with E-state index in [4.69, 9.17) is 24.3 Å². The van der Waals surface area contributed by atoms with Crippen LogP contribution in [0.25, 0.3) is 28.2 Å². The van der Waals surface area contributed by atoms with E-state index in [1.54, 1.807) is 4.52 Å². The number of aryl methyl sites for hydroxylation is 2. The number of aromatic nitrogens is 3. The quantitative estimate of drug-likeness (QED) is 0.274. The van der Waals surface area contributed by atoms with Crippen molar-refractivity contribution in [2.75, 3.05) is 13.7 Å². The Labute approximate surface area is 227 Å². The van der Waals surface area contributed by atoms with Crippen molar-refractivity contribution < 1.29 is 23.4 Å². The van der Waals surface area contributed by atoms with E-state index in [0.717, 1.165) is 34.4 Å². The van der Waals surface area contributed by atoms with Gasteiger partial charge < -0.3 is 14.2 Å². The van der Waals surface area contributed by atoms with Crippen LogP contribution in [0.4, 0.5) is 4.39 Å². The molecule has 0 amide bonds. The Bertz CT molecular complexity index is 1570. The van der Waals surface area contributed by atoms with Gasteiger partial charge in [-0.25, -0.2) is 18.7 Å². The molecule has 3 heterocycles. The molecule has 0 radical (unpaired) electrons. The van der Waals surface area contributed by atoms with Gasteiger partial charge in [0.1, 0.15) is 0 Å². The van der Waals surface area contributed by atoms with E-state index < -0.39 is 23.5 Å². The normalized spacial score (nSPS) is 14.2. The minimum Gasteiger partial charge on any atom is -0.490 e. The molecule has 1 aliphatic rings. The molecule has 1 atom stereocenters. The maximum Gasteiger partial charge on any atom is 0.339 e. The number of fused-ring (bicyclic) bond motifs is 2. The first kappa shape index (κ1) is 26.8. The van der Waals surface area contributed by atoms with Gasteiger partial charge in [-0.3, -0.25) is 0 Å². The van der Waals surface area contributed by atoms with Crippen molar-refractivity contribution in [3.05, 3.63) is 70.2 Å². The Balaban J connectivity index is 1.91. The number of carbonyl (C=O) groups is 1. The number of methoxy groups -OCH3 is 1. The van der Waals surface area contributed by atoms with Gasteiger partial charge in [-0.05, 0) is 66.0 Å². The van der Waals surface area contributed by atoms with Crippen molar-refractivity contribution in [3.8, 4) is 28.3 Å². The first-order chi connectivity index (χ1) is 18.5. The summed E-state index contributed by atoms with van der Waals surface area (Å²) >= 11 is 0. The first-order valence-electron chi connectivity index (χ1n) is 13.2. The molecule has 7 nitrogen and oxygen atoms in total. The smallest absolute Gasteiger partial charge is 0.339 e. The number of ether oxygens (including phenoxy) is 3. The summed E-state index contributed by atoms with van der Waals surface area (Å²) in [6.45, 7) is 11.9. The van der Waals surface area contributed by atoms with Crippen LogP contribution in [-0.2, 0) is 20.7 Å². The fraction of sp³-hybridized carbons (Fsp3) is 0.387. The molecule has 39 heavy (non-hydrogen) atoms. The lowest BCUT2D eigenvalue weighted by atomic mass is 9.90. The monoisotopic (exact) mass is 531 g/mol. The fourth-order valence-electron chi connectivity index (χ4n) is 5.31. The van der Waals surface area contributed by atoms with Gasteiger partial charge in [0.25, 0.3) is 0 Å². The molecular weight excluding hydrogens is 497 g/mol. The highest BCUT2D eigenvalue weighted by Gasteiger charge is 2.35. The predicted molar refractivity (Wildman–Crippen MR) is 147 cm³/mol. The second kappa shape index (κ2) is 10.1. The highest BCUT2D eigenvalue weighted by molar-refractivity contribution is 5.84. The van der Waals surface area contributed by atoms with Gasteiger partial charge in [0.15, 0.2) is 23.3 Å². The molecule has 0 aliphatic carbocycles. The van der Waals surface area contributed by atoms with Gasteiger partial charge in [0.05, 0.1) is 30.7 Å².